The molecule has 0 saturated carbocycles. The van der Waals surface area contributed by atoms with Gasteiger partial charge < -0.3 is 10.1 Å². The van der Waals surface area contributed by atoms with Crippen LogP contribution in [0.25, 0.3) is 5.69 Å². The second-order valence-corrected chi connectivity index (χ2v) is 8.04. The van der Waals surface area contributed by atoms with Gasteiger partial charge in [-0.25, -0.2) is 4.39 Å². The molecule has 168 valence electrons. The van der Waals surface area contributed by atoms with Gasteiger partial charge in [0.2, 0.25) is 11.8 Å². The zero-order chi connectivity index (χ0) is 23.4. The van der Waals surface area contributed by atoms with Gasteiger partial charge in [0.15, 0.2) is 0 Å². The van der Waals surface area contributed by atoms with Gasteiger partial charge in [-0.05, 0) is 74.7 Å². The number of amides is 1. The van der Waals surface area contributed by atoms with Crippen LogP contribution < -0.4 is 10.1 Å². The average Bonchev–Trinajstić information content (AvgIpc) is 3.07. The van der Waals surface area contributed by atoms with Crippen molar-refractivity contribution in [2.24, 2.45) is 0 Å². The Morgan fingerprint density at radius 3 is 2.55 bits per heavy atom. The predicted octanol–water partition coefficient (Wildman–Crippen LogP) is 6.30. The number of hydrogen-bond donors (Lipinski definition) is 1. The first-order valence-corrected chi connectivity index (χ1v) is 10.8. The van der Waals surface area contributed by atoms with Gasteiger partial charge in [-0.1, -0.05) is 36.4 Å². The van der Waals surface area contributed by atoms with Gasteiger partial charge in [0.1, 0.15) is 11.6 Å². The summed E-state index contributed by atoms with van der Waals surface area (Å²) in [7, 11) is 0. The molecule has 5 nitrogen and oxygen atoms in total. The van der Waals surface area contributed by atoms with Crippen molar-refractivity contribution < 1.29 is 13.9 Å². The topological polar surface area (TPSA) is 56.1 Å². The van der Waals surface area contributed by atoms with E-state index in [-0.39, 0.29) is 12.3 Å². The highest BCUT2D eigenvalue weighted by molar-refractivity contribution is 5.90. The summed E-state index contributed by atoms with van der Waals surface area (Å²) in [6.45, 7) is 5.95. The maximum atomic E-state index is 13.4. The average molecular weight is 444 g/mol. The zero-order valence-corrected chi connectivity index (χ0v) is 18.9. The third kappa shape index (κ3) is 5.29. The number of para-hydroxylation sites is 1. The predicted molar refractivity (Wildman–Crippen MR) is 128 cm³/mol. The lowest BCUT2D eigenvalue weighted by Gasteiger charge is -2.13. The molecule has 0 fully saturated rings. The molecule has 0 spiro atoms. The van der Waals surface area contributed by atoms with Crippen molar-refractivity contribution >= 4 is 11.6 Å². The Bertz CT molecular complexity index is 1300. The zero-order valence-electron chi connectivity index (χ0n) is 18.9. The summed E-state index contributed by atoms with van der Waals surface area (Å²) in [6, 6.07) is 21.6. The Hall–Kier alpha value is -3.93. The van der Waals surface area contributed by atoms with E-state index in [4.69, 9.17) is 9.84 Å². The van der Waals surface area contributed by atoms with E-state index in [9.17, 15) is 9.18 Å². The minimum Gasteiger partial charge on any atom is -0.439 e. The number of rotatable bonds is 7. The molecule has 0 radical (unpaired) electrons. The Morgan fingerprint density at radius 2 is 1.79 bits per heavy atom. The maximum absolute atomic E-state index is 13.4. The van der Waals surface area contributed by atoms with Gasteiger partial charge >= 0.3 is 0 Å². The molecule has 1 N–H and O–H groups in total. The van der Waals surface area contributed by atoms with Crippen molar-refractivity contribution in [2.75, 3.05) is 5.32 Å². The van der Waals surface area contributed by atoms with Gasteiger partial charge in [-0.15, -0.1) is 0 Å². The summed E-state index contributed by atoms with van der Waals surface area (Å²) in [6.07, 6.45) is 0.640. The lowest BCUT2D eigenvalue weighted by Crippen LogP contribution is -2.12. The number of ether oxygens (including phenoxy) is 1. The van der Waals surface area contributed by atoms with Gasteiger partial charge in [-0.3, -0.25) is 4.79 Å². The van der Waals surface area contributed by atoms with Crippen LogP contribution in [0.3, 0.4) is 0 Å². The number of hydrogen-bond acceptors (Lipinski definition) is 3. The third-order valence-electron chi connectivity index (χ3n) is 5.40. The van der Waals surface area contributed by atoms with Crippen molar-refractivity contribution in [3.05, 3.63) is 101 Å². The van der Waals surface area contributed by atoms with E-state index < -0.39 is 5.82 Å². The largest absolute Gasteiger partial charge is 0.439 e. The number of anilines is 1. The van der Waals surface area contributed by atoms with E-state index in [1.165, 1.54) is 12.1 Å². The molecule has 0 unspecified atom stereocenters. The van der Waals surface area contributed by atoms with Crippen LogP contribution in [-0.2, 0) is 11.2 Å². The van der Waals surface area contributed by atoms with Crippen molar-refractivity contribution in [1.82, 2.24) is 9.78 Å². The van der Waals surface area contributed by atoms with Crippen LogP contribution in [0.2, 0.25) is 0 Å². The third-order valence-corrected chi connectivity index (χ3v) is 5.40. The number of nitrogens with one attached hydrogen (secondary N) is 1. The Labute approximate surface area is 192 Å². The maximum Gasteiger partial charge on any atom is 0.226 e. The molecule has 1 amide bonds. The molecule has 0 aliphatic carbocycles. The molecular formula is C27H26FN3O2. The fourth-order valence-corrected chi connectivity index (χ4v) is 3.71. The molecule has 0 aliphatic heterocycles. The van der Waals surface area contributed by atoms with E-state index in [2.05, 4.69) is 5.32 Å². The minimum absolute atomic E-state index is 0.204. The van der Waals surface area contributed by atoms with Gasteiger partial charge in [0, 0.05) is 17.7 Å². The SMILES string of the molecule is Cc1cccc(Oc2c(CCC(=O)Nc3cccc(F)c3)c(C)nn2-c2ccccc2C)c1. The van der Waals surface area contributed by atoms with Crippen LogP contribution in [-0.4, -0.2) is 15.7 Å². The van der Waals surface area contributed by atoms with Crippen molar-refractivity contribution in [3.8, 4) is 17.3 Å². The molecule has 0 atom stereocenters. The van der Waals surface area contributed by atoms with E-state index >= 15 is 0 Å². The molecule has 0 bridgehead atoms. The number of nitrogens with zero attached hydrogens (tertiary/aromatic N) is 2. The molecule has 1 heterocycles. The molecule has 4 aromatic rings. The van der Waals surface area contributed by atoms with Crippen LogP contribution in [0.4, 0.5) is 10.1 Å². The first kappa shape index (κ1) is 22.3. The highest BCUT2D eigenvalue weighted by Gasteiger charge is 2.21. The van der Waals surface area contributed by atoms with Crippen LogP contribution in [0.15, 0.2) is 72.8 Å². The molecular weight excluding hydrogens is 417 g/mol. The molecule has 4 rings (SSSR count). The van der Waals surface area contributed by atoms with Crippen LogP contribution >= 0.6 is 0 Å². The molecule has 1 aromatic heterocycles. The summed E-state index contributed by atoms with van der Waals surface area (Å²) in [5.74, 6) is 0.697. The normalized spacial score (nSPS) is 10.8. The smallest absolute Gasteiger partial charge is 0.226 e. The van der Waals surface area contributed by atoms with E-state index in [0.717, 1.165) is 28.1 Å². The highest BCUT2D eigenvalue weighted by atomic mass is 19.1. The van der Waals surface area contributed by atoms with Gasteiger partial charge in [-0.2, -0.15) is 9.78 Å². The van der Waals surface area contributed by atoms with E-state index in [1.807, 2.05) is 69.3 Å². The first-order valence-electron chi connectivity index (χ1n) is 10.8. The fourth-order valence-electron chi connectivity index (χ4n) is 3.71. The standard InChI is InChI=1S/C27H26FN3O2/c1-18-8-6-12-23(16-18)33-27-24(14-15-26(32)29-22-11-7-10-21(28)17-22)20(3)30-31(27)25-13-5-4-9-19(25)2/h4-13,16-17H,14-15H2,1-3H3,(H,29,32). The summed E-state index contributed by atoms with van der Waals surface area (Å²) >= 11 is 0. The number of carbonyl (C=O) groups is 1. The quantitative estimate of drug-likeness (QED) is 0.365. The van der Waals surface area contributed by atoms with E-state index in [0.29, 0.717) is 23.7 Å². The Kier molecular flexibility index (Phi) is 6.54. The fraction of sp³-hybridized carbons (Fsp3) is 0.185. The molecule has 0 saturated heterocycles. The number of halogens is 1. The van der Waals surface area contributed by atoms with Crippen LogP contribution in [0.5, 0.6) is 11.6 Å². The lowest BCUT2D eigenvalue weighted by atomic mass is 10.1. The molecule has 0 aliphatic rings. The first-order chi connectivity index (χ1) is 15.9. The Balaban J connectivity index is 1.63. The number of aromatic nitrogens is 2. The van der Waals surface area contributed by atoms with Crippen LogP contribution in [0.1, 0.15) is 28.8 Å². The van der Waals surface area contributed by atoms with Crippen molar-refractivity contribution in [3.63, 3.8) is 0 Å². The second-order valence-electron chi connectivity index (χ2n) is 8.04. The monoisotopic (exact) mass is 443 g/mol. The summed E-state index contributed by atoms with van der Waals surface area (Å²) < 4.78 is 21.6. The highest BCUT2D eigenvalue weighted by Crippen LogP contribution is 2.32. The second kappa shape index (κ2) is 9.69. The Morgan fingerprint density at radius 1 is 1.00 bits per heavy atom. The number of aryl methyl sites for hydroxylation is 3. The number of benzene rings is 3. The molecule has 33 heavy (non-hydrogen) atoms. The number of carbonyl (C=O) groups excluding carboxylic acids is 1. The molecule has 6 heteroatoms. The summed E-state index contributed by atoms with van der Waals surface area (Å²) in [4.78, 5) is 12.6. The van der Waals surface area contributed by atoms with Crippen molar-refractivity contribution in [2.45, 2.75) is 33.6 Å². The van der Waals surface area contributed by atoms with Crippen LogP contribution in [0, 0.1) is 26.6 Å². The van der Waals surface area contributed by atoms with Gasteiger partial charge in [0.05, 0.1) is 11.4 Å². The van der Waals surface area contributed by atoms with Gasteiger partial charge in [0.25, 0.3) is 0 Å². The summed E-state index contributed by atoms with van der Waals surface area (Å²) in [5, 5.41) is 7.49. The molecule has 3 aromatic carbocycles. The van der Waals surface area contributed by atoms with Crippen molar-refractivity contribution in [1.29, 1.82) is 0 Å². The van der Waals surface area contributed by atoms with E-state index in [1.54, 1.807) is 16.8 Å². The summed E-state index contributed by atoms with van der Waals surface area (Å²) in [5.41, 5.74) is 5.14. The lowest BCUT2D eigenvalue weighted by molar-refractivity contribution is -0.116. The minimum atomic E-state index is -0.392.